The molecule has 21 heavy (non-hydrogen) atoms. The van der Waals surface area contributed by atoms with Crippen LogP contribution in [0.15, 0.2) is 18.2 Å². The largest absolute Gasteiger partial charge is 0.481 e. The summed E-state index contributed by atoms with van der Waals surface area (Å²) in [6.45, 7) is 2.94. The van der Waals surface area contributed by atoms with Gasteiger partial charge >= 0.3 is 5.97 Å². The minimum absolute atomic E-state index is 0.105. The molecule has 1 amide bonds. The topological polar surface area (TPSA) is 57.6 Å². The molecular weight excluding hydrogens is 273 g/mol. The summed E-state index contributed by atoms with van der Waals surface area (Å²) < 4.78 is 13.8. The SMILES string of the molecule is Cc1ccc(F)c(C(=O)N2CCC[C@@H](CCC(=O)O)C2)c1. The number of hydrogen-bond acceptors (Lipinski definition) is 2. The van der Waals surface area contributed by atoms with E-state index in [1.54, 1.807) is 17.0 Å². The number of amides is 1. The zero-order valence-corrected chi connectivity index (χ0v) is 12.1. The molecule has 1 aliphatic rings. The second kappa shape index (κ2) is 6.70. The van der Waals surface area contributed by atoms with Crippen LogP contribution in [-0.4, -0.2) is 35.0 Å². The molecule has 0 aromatic heterocycles. The predicted molar refractivity (Wildman–Crippen MR) is 76.6 cm³/mol. The zero-order chi connectivity index (χ0) is 15.4. The first-order chi connectivity index (χ1) is 9.97. The normalized spacial score (nSPS) is 18.6. The molecular formula is C16H20FNO3. The molecule has 4 nitrogen and oxygen atoms in total. The predicted octanol–water partition coefficient (Wildman–Crippen LogP) is 2.85. The van der Waals surface area contributed by atoms with Gasteiger partial charge in [-0.1, -0.05) is 11.6 Å². The highest BCUT2D eigenvalue weighted by molar-refractivity contribution is 5.94. The second-order valence-corrected chi connectivity index (χ2v) is 5.68. The van der Waals surface area contributed by atoms with Crippen LogP contribution in [0.1, 0.15) is 41.6 Å². The average molecular weight is 293 g/mol. The Labute approximate surface area is 123 Å². The summed E-state index contributed by atoms with van der Waals surface area (Å²) in [6.07, 6.45) is 2.44. The lowest BCUT2D eigenvalue weighted by atomic mass is 9.93. The number of carbonyl (C=O) groups is 2. The molecule has 0 saturated carbocycles. The number of carbonyl (C=O) groups excluding carboxylic acids is 1. The van der Waals surface area contributed by atoms with Crippen LogP contribution in [0.2, 0.25) is 0 Å². The van der Waals surface area contributed by atoms with Crippen LogP contribution >= 0.6 is 0 Å². The van der Waals surface area contributed by atoms with E-state index in [-0.39, 0.29) is 23.8 Å². The third kappa shape index (κ3) is 4.03. The molecule has 1 N–H and O–H groups in total. The molecule has 5 heteroatoms. The lowest BCUT2D eigenvalue weighted by Crippen LogP contribution is -2.40. The molecule has 2 rings (SSSR count). The lowest BCUT2D eigenvalue weighted by Gasteiger charge is -2.32. The maximum absolute atomic E-state index is 13.8. The second-order valence-electron chi connectivity index (χ2n) is 5.68. The fraction of sp³-hybridized carbons (Fsp3) is 0.500. The molecule has 1 saturated heterocycles. The maximum atomic E-state index is 13.8. The maximum Gasteiger partial charge on any atom is 0.303 e. The summed E-state index contributed by atoms with van der Waals surface area (Å²) in [5, 5.41) is 8.73. The molecule has 0 radical (unpaired) electrons. The molecule has 1 heterocycles. The van der Waals surface area contributed by atoms with E-state index in [4.69, 9.17) is 5.11 Å². The van der Waals surface area contributed by atoms with E-state index in [1.807, 2.05) is 6.92 Å². The molecule has 1 aliphatic heterocycles. The minimum Gasteiger partial charge on any atom is -0.481 e. The summed E-state index contributed by atoms with van der Waals surface area (Å²) >= 11 is 0. The van der Waals surface area contributed by atoms with E-state index in [0.29, 0.717) is 19.5 Å². The van der Waals surface area contributed by atoms with E-state index < -0.39 is 11.8 Å². The van der Waals surface area contributed by atoms with Crippen LogP contribution in [0.3, 0.4) is 0 Å². The Morgan fingerprint density at radius 2 is 2.19 bits per heavy atom. The third-order valence-electron chi connectivity index (χ3n) is 3.92. The van der Waals surface area contributed by atoms with Crippen molar-refractivity contribution >= 4 is 11.9 Å². The smallest absolute Gasteiger partial charge is 0.303 e. The van der Waals surface area contributed by atoms with Gasteiger partial charge in [-0.3, -0.25) is 9.59 Å². The van der Waals surface area contributed by atoms with Gasteiger partial charge in [-0.15, -0.1) is 0 Å². The Bertz CT molecular complexity index is 544. The number of halogens is 1. The molecule has 0 unspecified atom stereocenters. The van der Waals surface area contributed by atoms with Crippen molar-refractivity contribution in [3.63, 3.8) is 0 Å². The Kier molecular flexibility index (Phi) is 4.94. The standard InChI is InChI=1S/C16H20FNO3/c1-11-4-6-14(17)13(9-11)16(21)18-8-2-3-12(10-18)5-7-15(19)20/h4,6,9,12H,2-3,5,7-8,10H2,1H3,(H,19,20)/t12-/m0/s1. The number of benzene rings is 1. The van der Waals surface area contributed by atoms with Gasteiger partial charge in [-0.05, 0) is 44.2 Å². The van der Waals surface area contributed by atoms with Crippen LogP contribution in [0, 0.1) is 18.7 Å². The average Bonchev–Trinajstić information content (AvgIpc) is 2.47. The number of likely N-dealkylation sites (tertiary alicyclic amines) is 1. The summed E-state index contributed by atoms with van der Waals surface area (Å²) in [5.74, 6) is -1.43. The Morgan fingerprint density at radius 3 is 2.90 bits per heavy atom. The van der Waals surface area contributed by atoms with Crippen LogP contribution < -0.4 is 0 Å². The number of hydrogen-bond donors (Lipinski definition) is 1. The van der Waals surface area contributed by atoms with Crippen molar-refractivity contribution < 1.29 is 19.1 Å². The fourth-order valence-electron chi connectivity index (χ4n) is 2.79. The molecule has 0 spiro atoms. The number of aliphatic carboxylic acids is 1. The highest BCUT2D eigenvalue weighted by Crippen LogP contribution is 2.23. The number of nitrogens with zero attached hydrogens (tertiary/aromatic N) is 1. The summed E-state index contributed by atoms with van der Waals surface area (Å²) in [4.78, 5) is 24.7. The monoisotopic (exact) mass is 293 g/mol. The molecule has 0 aliphatic carbocycles. The van der Waals surface area contributed by atoms with Crippen molar-refractivity contribution in [1.29, 1.82) is 0 Å². The first-order valence-corrected chi connectivity index (χ1v) is 7.24. The van der Waals surface area contributed by atoms with Gasteiger partial charge in [-0.25, -0.2) is 4.39 Å². The highest BCUT2D eigenvalue weighted by atomic mass is 19.1. The molecule has 1 aromatic rings. The van der Waals surface area contributed by atoms with Gasteiger partial charge in [0.1, 0.15) is 5.82 Å². The van der Waals surface area contributed by atoms with E-state index in [2.05, 4.69) is 0 Å². The molecule has 1 fully saturated rings. The van der Waals surface area contributed by atoms with Crippen molar-refractivity contribution in [1.82, 2.24) is 4.90 Å². The van der Waals surface area contributed by atoms with E-state index >= 15 is 0 Å². The summed E-state index contributed by atoms with van der Waals surface area (Å²) in [5.41, 5.74) is 0.952. The number of carboxylic acid groups (broad SMARTS) is 1. The van der Waals surface area contributed by atoms with Crippen molar-refractivity contribution in [2.75, 3.05) is 13.1 Å². The van der Waals surface area contributed by atoms with Crippen molar-refractivity contribution in [2.24, 2.45) is 5.92 Å². The van der Waals surface area contributed by atoms with Gasteiger partial charge in [0.05, 0.1) is 5.56 Å². The lowest BCUT2D eigenvalue weighted by molar-refractivity contribution is -0.137. The van der Waals surface area contributed by atoms with Gasteiger partial charge < -0.3 is 10.0 Å². The van der Waals surface area contributed by atoms with Crippen LogP contribution in [0.25, 0.3) is 0 Å². The van der Waals surface area contributed by atoms with Gasteiger partial charge in [0.2, 0.25) is 0 Å². The molecule has 1 atom stereocenters. The molecule has 114 valence electrons. The first-order valence-electron chi connectivity index (χ1n) is 7.24. The third-order valence-corrected chi connectivity index (χ3v) is 3.92. The Balaban J connectivity index is 2.05. The summed E-state index contributed by atoms with van der Waals surface area (Å²) in [6, 6.07) is 4.52. The quantitative estimate of drug-likeness (QED) is 0.928. The number of rotatable bonds is 4. The Hall–Kier alpha value is -1.91. The molecule has 1 aromatic carbocycles. The van der Waals surface area contributed by atoms with Gasteiger partial charge in [0, 0.05) is 19.5 Å². The Morgan fingerprint density at radius 1 is 1.43 bits per heavy atom. The zero-order valence-electron chi connectivity index (χ0n) is 12.1. The number of piperidine rings is 1. The minimum atomic E-state index is -0.817. The van der Waals surface area contributed by atoms with Crippen LogP contribution in [-0.2, 0) is 4.79 Å². The van der Waals surface area contributed by atoms with Crippen LogP contribution in [0.5, 0.6) is 0 Å². The molecule has 0 bridgehead atoms. The number of carboxylic acids is 1. The van der Waals surface area contributed by atoms with Crippen molar-refractivity contribution in [3.8, 4) is 0 Å². The van der Waals surface area contributed by atoms with Crippen LogP contribution in [0.4, 0.5) is 4.39 Å². The first kappa shape index (κ1) is 15.5. The highest BCUT2D eigenvalue weighted by Gasteiger charge is 2.26. The summed E-state index contributed by atoms with van der Waals surface area (Å²) in [7, 11) is 0. The van der Waals surface area contributed by atoms with Gasteiger partial charge in [-0.2, -0.15) is 0 Å². The van der Waals surface area contributed by atoms with Crippen molar-refractivity contribution in [2.45, 2.75) is 32.6 Å². The van der Waals surface area contributed by atoms with Gasteiger partial charge in [0.15, 0.2) is 0 Å². The van der Waals surface area contributed by atoms with E-state index in [9.17, 15) is 14.0 Å². The van der Waals surface area contributed by atoms with E-state index in [1.165, 1.54) is 6.07 Å². The van der Waals surface area contributed by atoms with Crippen molar-refractivity contribution in [3.05, 3.63) is 35.1 Å². The van der Waals surface area contributed by atoms with E-state index in [0.717, 1.165) is 18.4 Å². The number of aryl methyl sites for hydroxylation is 1. The van der Waals surface area contributed by atoms with Gasteiger partial charge in [0.25, 0.3) is 5.91 Å². The fourth-order valence-corrected chi connectivity index (χ4v) is 2.79.